The van der Waals surface area contributed by atoms with Gasteiger partial charge in [-0.2, -0.15) is 9.88 Å². The van der Waals surface area contributed by atoms with Crippen molar-refractivity contribution < 1.29 is 29.4 Å². The molecule has 144 valence electrons. The van der Waals surface area contributed by atoms with Crippen LogP contribution in [0.25, 0.3) is 4.83 Å². The van der Waals surface area contributed by atoms with Gasteiger partial charge in [0.25, 0.3) is 0 Å². The van der Waals surface area contributed by atoms with Crippen molar-refractivity contribution in [2.75, 3.05) is 0 Å². The van der Waals surface area contributed by atoms with Crippen LogP contribution >= 0.6 is 11.3 Å². The molecule has 27 heavy (non-hydrogen) atoms. The number of aromatic nitrogens is 2. The number of thiazole rings is 1. The number of aliphatic hydroxyl groups is 1. The lowest BCUT2D eigenvalue weighted by atomic mass is 9.78. The van der Waals surface area contributed by atoms with E-state index in [1.165, 1.54) is 16.2 Å². The number of nitrogens with zero attached hydrogens (tertiary/aromatic N) is 3. The first-order chi connectivity index (χ1) is 12.8. The Morgan fingerprint density at radius 1 is 1.52 bits per heavy atom. The fourth-order valence-electron chi connectivity index (χ4n) is 4.26. The summed E-state index contributed by atoms with van der Waals surface area (Å²) >= 11 is 1.51. The predicted octanol–water partition coefficient (Wildman–Crippen LogP) is -1.37. The molecular weight excluding hydrogens is 372 g/mol. The van der Waals surface area contributed by atoms with E-state index in [9.17, 15) is 19.8 Å². The van der Waals surface area contributed by atoms with Gasteiger partial charge in [0.05, 0.1) is 36.3 Å². The van der Waals surface area contributed by atoms with E-state index in [0.29, 0.717) is 18.7 Å². The van der Waals surface area contributed by atoms with Crippen LogP contribution in [-0.4, -0.2) is 43.8 Å². The van der Waals surface area contributed by atoms with E-state index in [2.05, 4.69) is 5.48 Å². The average Bonchev–Trinajstić information content (AvgIpc) is 3.21. The van der Waals surface area contributed by atoms with Crippen LogP contribution in [0.1, 0.15) is 19.5 Å². The maximum absolute atomic E-state index is 12.4. The highest BCUT2D eigenvalue weighted by Gasteiger charge is 2.58. The van der Waals surface area contributed by atoms with Gasteiger partial charge in [-0.25, -0.2) is 4.57 Å². The van der Waals surface area contributed by atoms with Crippen LogP contribution in [-0.2, 0) is 22.7 Å². The number of carbonyl (C=O) groups is 2. The van der Waals surface area contributed by atoms with E-state index < -0.39 is 18.0 Å². The van der Waals surface area contributed by atoms with Gasteiger partial charge in [0.15, 0.2) is 0 Å². The minimum absolute atomic E-state index is 0.0753. The van der Waals surface area contributed by atoms with Gasteiger partial charge in [-0.15, -0.1) is 0 Å². The molecular formula is C17H20N4O5S. The van der Waals surface area contributed by atoms with Gasteiger partial charge >= 0.3 is 0 Å². The first kappa shape index (κ1) is 18.1. The maximum Gasteiger partial charge on any atom is 0.250 e. The summed E-state index contributed by atoms with van der Waals surface area (Å²) in [5.41, 5.74) is 3.54. The molecule has 2 aromatic heterocycles. The normalized spacial score (nSPS) is 25.9. The molecule has 0 aliphatic carbocycles. The SMILES string of the molecule is C[C@@H](O)[C@H]1C(=O)N2C(C(=O)[O-])=C(Cn3cc4scc(CNO)[n+]4c3)[C@H](C)[C@H]12. The standard InChI is InChI=1S/C17H20N4O5S/c1-8-11(4-19-5-12-20(7-19)10(3-18-26)6-27-12)15(17(24)25)21-14(8)13(9(2)22)16(21)23/h5-9,13-14,18,22,26H,3-4H2,1-2H3/t8-,9+,13+,14+/m0/s1. The fraction of sp³-hybridized carbons (Fsp3) is 0.471. The number of fused-ring (bicyclic) bond motifs is 2. The van der Waals surface area contributed by atoms with Crippen LogP contribution in [0.3, 0.4) is 0 Å². The molecule has 2 aromatic rings. The number of hydroxylamine groups is 1. The van der Waals surface area contributed by atoms with E-state index in [4.69, 9.17) is 5.21 Å². The van der Waals surface area contributed by atoms with Crippen LogP contribution in [0.15, 0.2) is 29.2 Å². The Labute approximate surface area is 158 Å². The minimum Gasteiger partial charge on any atom is -0.543 e. The molecule has 4 heterocycles. The predicted molar refractivity (Wildman–Crippen MR) is 91.1 cm³/mol. The molecule has 0 radical (unpaired) electrons. The lowest BCUT2D eigenvalue weighted by molar-refractivity contribution is -0.518. The van der Waals surface area contributed by atoms with Gasteiger partial charge in [0, 0.05) is 16.9 Å². The van der Waals surface area contributed by atoms with Crippen molar-refractivity contribution in [3.05, 3.63) is 34.9 Å². The molecule has 9 nitrogen and oxygen atoms in total. The van der Waals surface area contributed by atoms with Gasteiger partial charge in [-0.1, -0.05) is 18.3 Å². The Balaban J connectivity index is 1.68. The average molecular weight is 392 g/mol. The summed E-state index contributed by atoms with van der Waals surface area (Å²) in [7, 11) is 0. The number of hydrogen-bond acceptors (Lipinski definition) is 7. The molecule has 0 unspecified atom stereocenters. The molecule has 3 N–H and O–H groups in total. The molecule has 4 rings (SSSR count). The van der Waals surface area contributed by atoms with Crippen molar-refractivity contribution in [3.8, 4) is 0 Å². The van der Waals surface area contributed by atoms with E-state index in [-0.39, 0.29) is 23.6 Å². The molecule has 0 saturated carbocycles. The number of amides is 1. The number of hydrogen-bond donors (Lipinski definition) is 3. The lowest BCUT2D eigenvalue weighted by Crippen LogP contribution is -2.64. The molecule has 1 amide bonds. The van der Waals surface area contributed by atoms with Gasteiger partial charge in [0.2, 0.25) is 17.1 Å². The number of carboxylic acids is 1. The fourth-order valence-corrected chi connectivity index (χ4v) is 5.19. The van der Waals surface area contributed by atoms with Crippen molar-refractivity contribution in [3.63, 3.8) is 0 Å². The molecule has 2 aliphatic rings. The first-order valence-electron chi connectivity index (χ1n) is 8.65. The first-order valence-corrected chi connectivity index (χ1v) is 9.53. The summed E-state index contributed by atoms with van der Waals surface area (Å²) in [6.45, 7) is 4.03. The van der Waals surface area contributed by atoms with Gasteiger partial charge in [-0.05, 0) is 6.92 Å². The minimum atomic E-state index is -1.37. The van der Waals surface area contributed by atoms with Crippen molar-refractivity contribution in [1.29, 1.82) is 0 Å². The molecule has 0 aromatic carbocycles. The Morgan fingerprint density at radius 3 is 2.89 bits per heavy atom. The molecule has 0 spiro atoms. The maximum atomic E-state index is 12.4. The number of carboxylic acid groups (broad SMARTS) is 1. The number of aliphatic carboxylic acids is 1. The molecule has 2 aliphatic heterocycles. The van der Waals surface area contributed by atoms with Gasteiger partial charge < -0.3 is 25.1 Å². The highest BCUT2D eigenvalue weighted by atomic mass is 32.1. The quantitative estimate of drug-likeness (QED) is 0.317. The smallest absolute Gasteiger partial charge is 0.250 e. The van der Waals surface area contributed by atoms with Crippen LogP contribution in [0.2, 0.25) is 0 Å². The molecule has 4 atom stereocenters. The summed E-state index contributed by atoms with van der Waals surface area (Å²) in [5, 5.41) is 32.5. The van der Waals surface area contributed by atoms with Crippen LogP contribution in [0.5, 0.6) is 0 Å². The van der Waals surface area contributed by atoms with E-state index in [0.717, 1.165) is 10.5 Å². The summed E-state index contributed by atoms with van der Waals surface area (Å²) in [5.74, 6) is -2.52. The zero-order valence-electron chi connectivity index (χ0n) is 14.8. The van der Waals surface area contributed by atoms with Crippen molar-refractivity contribution in [2.45, 2.75) is 39.1 Å². The van der Waals surface area contributed by atoms with E-state index in [1.54, 1.807) is 6.92 Å². The van der Waals surface area contributed by atoms with E-state index >= 15 is 0 Å². The van der Waals surface area contributed by atoms with Gasteiger partial charge in [0.1, 0.15) is 18.4 Å². The summed E-state index contributed by atoms with van der Waals surface area (Å²) in [6.07, 6.45) is 2.89. The zero-order chi connectivity index (χ0) is 19.5. The second kappa shape index (κ2) is 6.41. The number of β-lactam (4-membered cyclic amide) rings is 1. The Bertz CT molecular complexity index is 962. The zero-order valence-corrected chi connectivity index (χ0v) is 15.6. The number of nitrogens with one attached hydrogen (secondary N) is 1. The third-order valence-electron chi connectivity index (χ3n) is 5.52. The summed E-state index contributed by atoms with van der Waals surface area (Å²) < 4.78 is 3.76. The van der Waals surface area contributed by atoms with Crippen molar-refractivity contribution >= 4 is 28.0 Å². The molecule has 0 bridgehead atoms. The highest BCUT2D eigenvalue weighted by molar-refractivity contribution is 7.15. The van der Waals surface area contributed by atoms with Crippen LogP contribution < -0.4 is 15.0 Å². The Morgan fingerprint density at radius 2 is 2.26 bits per heavy atom. The number of rotatable bonds is 6. The molecule has 10 heteroatoms. The Hall–Kier alpha value is -2.27. The summed E-state index contributed by atoms with van der Waals surface area (Å²) in [4.78, 5) is 26.3. The summed E-state index contributed by atoms with van der Waals surface area (Å²) in [6, 6.07) is -0.348. The monoisotopic (exact) mass is 392 g/mol. The van der Waals surface area contributed by atoms with Crippen LogP contribution in [0, 0.1) is 11.8 Å². The van der Waals surface area contributed by atoms with Crippen molar-refractivity contribution in [2.24, 2.45) is 11.8 Å². The second-order valence-electron chi connectivity index (χ2n) is 7.10. The Kier molecular flexibility index (Phi) is 4.30. The largest absolute Gasteiger partial charge is 0.543 e. The topological polar surface area (TPSA) is 122 Å². The molecule has 1 saturated heterocycles. The van der Waals surface area contributed by atoms with Crippen molar-refractivity contribution in [1.82, 2.24) is 14.9 Å². The molecule has 1 fully saturated rings. The van der Waals surface area contributed by atoms with Gasteiger partial charge in [-0.3, -0.25) is 4.79 Å². The number of carbonyl (C=O) groups excluding carboxylic acids is 2. The third-order valence-corrected chi connectivity index (χ3v) is 6.46. The third kappa shape index (κ3) is 2.59. The second-order valence-corrected chi connectivity index (χ2v) is 7.99. The van der Waals surface area contributed by atoms with E-state index in [1.807, 2.05) is 33.8 Å². The highest BCUT2D eigenvalue weighted by Crippen LogP contribution is 2.47. The number of imidazole rings is 1. The number of aliphatic hydroxyl groups excluding tert-OH is 1. The lowest BCUT2D eigenvalue weighted by Gasteiger charge is -2.47. The van der Waals surface area contributed by atoms with Crippen LogP contribution in [0.4, 0.5) is 0 Å².